The van der Waals surface area contributed by atoms with Gasteiger partial charge in [0.05, 0.1) is 0 Å². The number of carbonyl (C=O) groups is 2. The van der Waals surface area contributed by atoms with E-state index in [9.17, 15) is 14.7 Å². The zero-order chi connectivity index (χ0) is 16.6. The average Bonchev–Trinajstić information content (AvgIpc) is 2.55. The number of rotatable bonds is 4. The highest BCUT2D eigenvalue weighted by Crippen LogP contribution is 2.42. The lowest BCUT2D eigenvalue weighted by Crippen LogP contribution is -2.68. The largest absolute Gasteiger partial charge is 0.477 e. The van der Waals surface area contributed by atoms with Gasteiger partial charge in [0.1, 0.15) is 17.1 Å². The summed E-state index contributed by atoms with van der Waals surface area (Å²) < 4.78 is 0. The molecule has 8 heteroatoms. The van der Waals surface area contributed by atoms with Gasteiger partial charge in [-0.1, -0.05) is 17.8 Å². The van der Waals surface area contributed by atoms with Crippen LogP contribution >= 0.6 is 23.5 Å². The van der Waals surface area contributed by atoms with Gasteiger partial charge >= 0.3 is 5.97 Å². The quantitative estimate of drug-likeness (QED) is 0.798. The Balaban J connectivity index is 1.78. The Morgan fingerprint density at radius 2 is 2.35 bits per heavy atom. The Kier molecular flexibility index (Phi) is 4.47. The smallest absolute Gasteiger partial charge is 0.353 e. The van der Waals surface area contributed by atoms with Crippen molar-refractivity contribution in [1.29, 1.82) is 0 Å². The van der Waals surface area contributed by atoms with Crippen molar-refractivity contribution in [2.45, 2.75) is 18.3 Å². The molecular weight excluding hydrogens is 334 g/mol. The van der Waals surface area contributed by atoms with Crippen LogP contribution in [0.1, 0.15) is 11.3 Å². The molecule has 2 aliphatic heterocycles. The number of amides is 1. The van der Waals surface area contributed by atoms with E-state index >= 15 is 0 Å². The molecule has 23 heavy (non-hydrogen) atoms. The minimum Gasteiger partial charge on any atom is -0.477 e. The Hall–Kier alpha value is -1.77. The fraction of sp³-hybridized carbons (Fsp3) is 0.267. The fourth-order valence-corrected chi connectivity index (χ4v) is 4.65. The molecule has 0 aliphatic carbocycles. The molecule has 6 nitrogen and oxygen atoms in total. The van der Waals surface area contributed by atoms with Crippen LogP contribution in [0.4, 0.5) is 0 Å². The van der Waals surface area contributed by atoms with E-state index in [0.717, 1.165) is 11.3 Å². The van der Waals surface area contributed by atoms with E-state index in [1.54, 1.807) is 6.20 Å². The molecule has 1 amide bonds. The van der Waals surface area contributed by atoms with Gasteiger partial charge in [-0.2, -0.15) is 0 Å². The molecule has 1 fully saturated rings. The van der Waals surface area contributed by atoms with Crippen molar-refractivity contribution in [2.24, 2.45) is 5.73 Å². The van der Waals surface area contributed by atoms with Crippen LogP contribution in [-0.2, 0) is 9.59 Å². The van der Waals surface area contributed by atoms with Gasteiger partial charge in [-0.3, -0.25) is 14.7 Å². The molecule has 0 saturated carbocycles. The third-order valence-electron chi connectivity index (χ3n) is 3.58. The number of carboxylic acids is 1. The van der Waals surface area contributed by atoms with Gasteiger partial charge in [0.15, 0.2) is 0 Å². The van der Waals surface area contributed by atoms with Gasteiger partial charge in [0, 0.05) is 22.5 Å². The van der Waals surface area contributed by atoms with Crippen molar-refractivity contribution in [2.75, 3.05) is 5.75 Å². The summed E-state index contributed by atoms with van der Waals surface area (Å²) in [6, 6.07) is 3.25. The lowest BCUT2D eigenvalue weighted by Gasteiger charge is -2.47. The number of thioether (sulfide) groups is 2. The first kappa shape index (κ1) is 16.1. The standard InChI is InChI=1S/C15H15N3O3S2/c1-8-2-3-9(6-17-8)4-5-22-10-7-23-14-11(16)13(19)18(14)12(10)15(20)21/h2-6,11,14H,7,16H2,1H3,(H,20,21)/b5-4-/t11?,14-/m1/s1. The van der Waals surface area contributed by atoms with E-state index in [4.69, 9.17) is 5.73 Å². The number of aliphatic carboxylic acids is 1. The molecule has 0 radical (unpaired) electrons. The highest BCUT2D eigenvalue weighted by atomic mass is 32.2. The molecule has 3 N–H and O–H groups in total. The molecule has 2 atom stereocenters. The van der Waals surface area contributed by atoms with Crippen molar-refractivity contribution >= 4 is 41.5 Å². The van der Waals surface area contributed by atoms with Gasteiger partial charge in [-0.05, 0) is 30.0 Å². The van der Waals surface area contributed by atoms with E-state index in [2.05, 4.69) is 4.98 Å². The second-order valence-electron chi connectivity index (χ2n) is 5.17. The summed E-state index contributed by atoms with van der Waals surface area (Å²) >= 11 is 2.80. The second kappa shape index (κ2) is 6.38. The highest BCUT2D eigenvalue weighted by Gasteiger charge is 2.51. The molecule has 3 heterocycles. The lowest BCUT2D eigenvalue weighted by molar-refractivity contribution is -0.147. The summed E-state index contributed by atoms with van der Waals surface area (Å²) in [5.74, 6) is -0.891. The van der Waals surface area contributed by atoms with E-state index in [1.807, 2.05) is 30.5 Å². The third-order valence-corrected chi connectivity index (χ3v) is 5.96. The number of carboxylic acid groups (broad SMARTS) is 1. The predicted molar refractivity (Wildman–Crippen MR) is 91.3 cm³/mol. The number of fused-ring (bicyclic) bond motifs is 1. The summed E-state index contributed by atoms with van der Waals surface area (Å²) in [5.41, 5.74) is 7.64. The van der Waals surface area contributed by atoms with Gasteiger partial charge in [0.2, 0.25) is 5.91 Å². The Morgan fingerprint density at radius 1 is 1.57 bits per heavy atom. The van der Waals surface area contributed by atoms with Crippen LogP contribution in [0, 0.1) is 6.92 Å². The Morgan fingerprint density at radius 3 is 3.00 bits per heavy atom. The maximum atomic E-state index is 11.8. The number of nitrogens with zero attached hydrogens (tertiary/aromatic N) is 2. The van der Waals surface area contributed by atoms with Crippen LogP contribution in [0.5, 0.6) is 0 Å². The van der Waals surface area contributed by atoms with E-state index in [-0.39, 0.29) is 17.0 Å². The minimum absolute atomic E-state index is 0.0529. The molecule has 1 saturated heterocycles. The normalized spacial score (nSPS) is 23.9. The number of pyridine rings is 1. The van der Waals surface area contributed by atoms with Crippen LogP contribution in [0.25, 0.3) is 6.08 Å². The van der Waals surface area contributed by atoms with E-state index < -0.39 is 12.0 Å². The SMILES string of the molecule is Cc1ccc(/C=C\SC2=C(C(=O)O)N3C(=O)C(N)[C@H]3SC2)cn1. The molecule has 0 bridgehead atoms. The number of aryl methyl sites for hydroxylation is 1. The summed E-state index contributed by atoms with van der Waals surface area (Å²) in [6.07, 6.45) is 3.62. The van der Waals surface area contributed by atoms with Crippen molar-refractivity contribution in [3.05, 3.63) is 45.6 Å². The molecule has 120 valence electrons. The fourth-order valence-electron chi connectivity index (χ4n) is 2.35. The molecule has 0 spiro atoms. The van der Waals surface area contributed by atoms with Gasteiger partial charge < -0.3 is 10.8 Å². The first-order chi connectivity index (χ1) is 11.0. The zero-order valence-electron chi connectivity index (χ0n) is 12.3. The van der Waals surface area contributed by atoms with Crippen LogP contribution in [0.2, 0.25) is 0 Å². The minimum atomic E-state index is -1.09. The van der Waals surface area contributed by atoms with Crippen LogP contribution < -0.4 is 5.73 Å². The second-order valence-corrected chi connectivity index (χ2v) is 7.27. The zero-order valence-corrected chi connectivity index (χ0v) is 13.9. The molecule has 3 rings (SSSR count). The Bertz CT molecular complexity index is 715. The van der Waals surface area contributed by atoms with E-state index in [1.165, 1.54) is 28.4 Å². The average molecular weight is 349 g/mol. The van der Waals surface area contributed by atoms with Crippen LogP contribution in [0.3, 0.4) is 0 Å². The predicted octanol–water partition coefficient (Wildman–Crippen LogP) is 1.63. The lowest BCUT2D eigenvalue weighted by atomic mass is 10.1. The topological polar surface area (TPSA) is 96.5 Å². The summed E-state index contributed by atoms with van der Waals surface area (Å²) in [4.78, 5) is 29.5. The number of nitrogens with two attached hydrogens (primary N) is 1. The third kappa shape index (κ3) is 3.01. The first-order valence-corrected chi connectivity index (χ1v) is 8.84. The summed E-state index contributed by atoms with van der Waals surface area (Å²) in [7, 11) is 0. The number of aromatic nitrogens is 1. The van der Waals surface area contributed by atoms with Crippen molar-refractivity contribution in [3.63, 3.8) is 0 Å². The molecule has 1 aromatic heterocycles. The van der Waals surface area contributed by atoms with E-state index in [0.29, 0.717) is 10.7 Å². The molecule has 1 unspecified atom stereocenters. The van der Waals surface area contributed by atoms with Gasteiger partial charge in [-0.25, -0.2) is 4.79 Å². The molecule has 0 aromatic carbocycles. The summed E-state index contributed by atoms with van der Waals surface area (Å²) in [6.45, 7) is 1.91. The van der Waals surface area contributed by atoms with Crippen LogP contribution in [-0.4, -0.2) is 44.0 Å². The maximum absolute atomic E-state index is 11.8. The molecule has 1 aromatic rings. The highest BCUT2D eigenvalue weighted by molar-refractivity contribution is 8.08. The van der Waals surface area contributed by atoms with Crippen molar-refractivity contribution < 1.29 is 14.7 Å². The van der Waals surface area contributed by atoms with Gasteiger partial charge in [-0.15, -0.1) is 11.8 Å². The number of carbonyl (C=O) groups excluding carboxylic acids is 1. The number of hydrogen-bond acceptors (Lipinski definition) is 6. The Labute approximate surface area is 141 Å². The molecular formula is C15H15N3O3S2. The first-order valence-electron chi connectivity index (χ1n) is 6.91. The molecule has 2 aliphatic rings. The monoisotopic (exact) mass is 349 g/mol. The maximum Gasteiger partial charge on any atom is 0.353 e. The summed E-state index contributed by atoms with van der Waals surface area (Å²) in [5, 5.41) is 11.0. The number of hydrogen-bond donors (Lipinski definition) is 2. The van der Waals surface area contributed by atoms with Gasteiger partial charge in [0.25, 0.3) is 0 Å². The number of β-lactam (4-membered cyclic amide) rings is 1. The van der Waals surface area contributed by atoms with Crippen molar-refractivity contribution in [3.8, 4) is 0 Å². The van der Waals surface area contributed by atoms with Crippen molar-refractivity contribution in [1.82, 2.24) is 9.88 Å². The van der Waals surface area contributed by atoms with Crippen LogP contribution in [0.15, 0.2) is 34.3 Å².